The first-order valence-electron chi connectivity index (χ1n) is 6.48. The van der Waals surface area contributed by atoms with Crippen LogP contribution < -0.4 is 0 Å². The van der Waals surface area contributed by atoms with Crippen molar-refractivity contribution in [3.63, 3.8) is 0 Å². The van der Waals surface area contributed by atoms with Gasteiger partial charge in [0, 0.05) is 11.3 Å². The smallest absolute Gasteiger partial charge is 0.176 e. The molecule has 0 N–H and O–H groups in total. The Bertz CT molecular complexity index is 755. The number of hydrogen-bond donors (Lipinski definition) is 0. The van der Waals surface area contributed by atoms with E-state index in [2.05, 4.69) is 11.8 Å². The molecule has 0 amide bonds. The second kappa shape index (κ2) is 6.29. The minimum absolute atomic E-state index is 0.194. The summed E-state index contributed by atoms with van der Waals surface area (Å²) in [6.07, 6.45) is 4.74. The van der Waals surface area contributed by atoms with Crippen LogP contribution in [0.3, 0.4) is 0 Å². The normalized spacial score (nSPS) is 11.6. The number of hydrogen-bond acceptors (Lipinski definition) is 4. The Labute approximate surface area is 126 Å². The lowest BCUT2D eigenvalue weighted by molar-refractivity contribution is -0.109. The molecule has 0 aromatic carbocycles. The van der Waals surface area contributed by atoms with Crippen LogP contribution in [0, 0.1) is 11.8 Å². The average molecular weight is 296 g/mol. The highest BCUT2D eigenvalue weighted by atomic mass is 32.1. The first-order valence-corrected chi connectivity index (χ1v) is 7.30. The number of carbonyl (C=O) groups excluding carboxylic acids is 1. The maximum atomic E-state index is 11.3. The van der Waals surface area contributed by atoms with Crippen molar-refractivity contribution < 1.29 is 13.6 Å². The van der Waals surface area contributed by atoms with Crippen LogP contribution in [0.25, 0.3) is 0 Å². The molecule has 0 spiro atoms. The topological polar surface area (TPSA) is 43.4 Å². The highest BCUT2D eigenvalue weighted by Crippen LogP contribution is 2.26. The highest BCUT2D eigenvalue weighted by molar-refractivity contribution is 7.12. The van der Waals surface area contributed by atoms with Crippen molar-refractivity contribution in [2.75, 3.05) is 0 Å². The van der Waals surface area contributed by atoms with Crippen molar-refractivity contribution in [1.29, 1.82) is 0 Å². The second-order valence-electron chi connectivity index (χ2n) is 4.46. The largest absolute Gasteiger partial charge is 0.469 e. The Morgan fingerprint density at radius 3 is 2.67 bits per heavy atom. The van der Waals surface area contributed by atoms with Gasteiger partial charge in [-0.2, -0.15) is 0 Å². The molecule has 1 unspecified atom stereocenters. The fourth-order valence-corrected chi connectivity index (χ4v) is 2.87. The molecule has 0 aliphatic heterocycles. The van der Waals surface area contributed by atoms with E-state index in [-0.39, 0.29) is 5.92 Å². The van der Waals surface area contributed by atoms with E-state index in [0.717, 1.165) is 21.8 Å². The Morgan fingerprint density at radius 1 is 1.10 bits per heavy atom. The third-order valence-corrected chi connectivity index (χ3v) is 4.12. The number of furan rings is 2. The van der Waals surface area contributed by atoms with Gasteiger partial charge >= 0.3 is 0 Å². The standard InChI is InChI=1S/C17H12O3S/c18-12-13(11-15-4-2-10-20-15)17-8-7-16(21-17)6-5-14-3-1-9-19-14/h1-4,7-10,12-13H,11H2. The molecule has 0 radical (unpaired) electrons. The molecule has 21 heavy (non-hydrogen) atoms. The van der Waals surface area contributed by atoms with E-state index in [4.69, 9.17) is 8.83 Å². The van der Waals surface area contributed by atoms with Gasteiger partial charge in [-0.15, -0.1) is 11.3 Å². The number of thiophene rings is 1. The van der Waals surface area contributed by atoms with E-state index in [0.29, 0.717) is 12.2 Å². The fraction of sp³-hybridized carbons (Fsp3) is 0.118. The summed E-state index contributed by atoms with van der Waals surface area (Å²) in [5.74, 6) is 7.23. The summed E-state index contributed by atoms with van der Waals surface area (Å²) in [7, 11) is 0. The van der Waals surface area contributed by atoms with Crippen molar-refractivity contribution in [2.24, 2.45) is 0 Å². The van der Waals surface area contributed by atoms with Crippen molar-refractivity contribution in [2.45, 2.75) is 12.3 Å². The minimum Gasteiger partial charge on any atom is -0.469 e. The summed E-state index contributed by atoms with van der Waals surface area (Å²) >= 11 is 1.52. The first kappa shape index (κ1) is 13.5. The van der Waals surface area contributed by atoms with Crippen LogP contribution in [0.5, 0.6) is 0 Å². The highest BCUT2D eigenvalue weighted by Gasteiger charge is 2.15. The van der Waals surface area contributed by atoms with Gasteiger partial charge in [-0.25, -0.2) is 0 Å². The van der Waals surface area contributed by atoms with Crippen molar-refractivity contribution in [3.8, 4) is 11.8 Å². The molecule has 3 nitrogen and oxygen atoms in total. The van der Waals surface area contributed by atoms with E-state index in [1.54, 1.807) is 18.6 Å². The van der Waals surface area contributed by atoms with Crippen LogP contribution in [0.15, 0.2) is 57.8 Å². The molecule has 0 aliphatic carbocycles. The van der Waals surface area contributed by atoms with Gasteiger partial charge in [0.15, 0.2) is 5.76 Å². The molecule has 0 fully saturated rings. The maximum Gasteiger partial charge on any atom is 0.176 e. The molecule has 3 heterocycles. The van der Waals surface area contributed by atoms with Crippen LogP contribution >= 0.6 is 11.3 Å². The predicted octanol–water partition coefficient (Wildman–Crippen LogP) is 3.86. The lowest BCUT2D eigenvalue weighted by Gasteiger charge is -2.04. The molecule has 3 rings (SSSR count). The van der Waals surface area contributed by atoms with Gasteiger partial charge in [0.2, 0.25) is 0 Å². The molecular weight excluding hydrogens is 284 g/mol. The zero-order valence-corrected chi connectivity index (χ0v) is 11.9. The van der Waals surface area contributed by atoms with Gasteiger partial charge < -0.3 is 13.6 Å². The zero-order chi connectivity index (χ0) is 14.5. The van der Waals surface area contributed by atoms with Gasteiger partial charge in [0.25, 0.3) is 0 Å². The van der Waals surface area contributed by atoms with Gasteiger partial charge in [-0.3, -0.25) is 0 Å². The van der Waals surface area contributed by atoms with Crippen molar-refractivity contribution >= 4 is 17.6 Å². The van der Waals surface area contributed by atoms with Crippen molar-refractivity contribution in [1.82, 2.24) is 0 Å². The molecule has 0 saturated carbocycles. The summed E-state index contributed by atoms with van der Waals surface area (Å²) in [4.78, 5) is 13.2. The summed E-state index contributed by atoms with van der Waals surface area (Å²) < 4.78 is 10.5. The predicted molar refractivity (Wildman–Crippen MR) is 80.2 cm³/mol. The van der Waals surface area contributed by atoms with Gasteiger partial charge in [-0.05, 0) is 48.2 Å². The van der Waals surface area contributed by atoms with Crippen molar-refractivity contribution in [3.05, 3.63) is 70.2 Å². The van der Waals surface area contributed by atoms with Crippen LogP contribution in [-0.4, -0.2) is 6.29 Å². The van der Waals surface area contributed by atoms with Gasteiger partial charge in [-0.1, -0.05) is 0 Å². The summed E-state index contributed by atoms with van der Waals surface area (Å²) in [6.45, 7) is 0. The summed E-state index contributed by atoms with van der Waals surface area (Å²) in [5.41, 5.74) is 0. The second-order valence-corrected chi connectivity index (χ2v) is 5.57. The minimum atomic E-state index is -0.194. The van der Waals surface area contributed by atoms with E-state index in [1.165, 1.54) is 11.3 Å². The Morgan fingerprint density at radius 2 is 1.95 bits per heavy atom. The zero-order valence-electron chi connectivity index (χ0n) is 11.1. The van der Waals surface area contributed by atoms with Gasteiger partial charge in [0.05, 0.1) is 23.3 Å². The molecule has 104 valence electrons. The monoisotopic (exact) mass is 296 g/mol. The Kier molecular flexibility index (Phi) is 4.04. The molecule has 1 atom stereocenters. The lowest BCUT2D eigenvalue weighted by atomic mass is 10.0. The molecular formula is C17H12O3S. The van der Waals surface area contributed by atoms with Gasteiger partial charge in [0.1, 0.15) is 12.0 Å². The van der Waals surface area contributed by atoms with Crippen LogP contribution in [0.1, 0.15) is 27.2 Å². The number of aldehydes is 1. The fourth-order valence-electron chi connectivity index (χ4n) is 1.95. The third kappa shape index (κ3) is 3.33. The van der Waals surface area contributed by atoms with E-state index in [1.807, 2.05) is 30.3 Å². The van der Waals surface area contributed by atoms with Crippen LogP contribution in [-0.2, 0) is 11.2 Å². The molecule has 3 aromatic heterocycles. The maximum absolute atomic E-state index is 11.3. The van der Waals surface area contributed by atoms with E-state index >= 15 is 0 Å². The SMILES string of the molecule is O=CC(Cc1ccco1)c1ccc(C#Cc2ccco2)s1. The lowest BCUT2D eigenvalue weighted by Crippen LogP contribution is -2.01. The molecule has 0 aliphatic rings. The molecule has 3 aromatic rings. The number of carbonyl (C=O) groups is 1. The summed E-state index contributed by atoms with van der Waals surface area (Å²) in [6, 6.07) is 11.2. The number of rotatable bonds is 4. The quantitative estimate of drug-likeness (QED) is 0.542. The Balaban J connectivity index is 1.75. The van der Waals surface area contributed by atoms with Crippen LogP contribution in [0.4, 0.5) is 0 Å². The molecule has 0 saturated heterocycles. The average Bonchev–Trinajstić information content (AvgIpc) is 3.23. The molecule has 0 bridgehead atoms. The first-order chi connectivity index (χ1) is 10.3. The Hall–Kier alpha value is -2.51. The van der Waals surface area contributed by atoms with Crippen LogP contribution in [0.2, 0.25) is 0 Å². The summed E-state index contributed by atoms with van der Waals surface area (Å²) in [5, 5.41) is 0. The van der Waals surface area contributed by atoms with E-state index < -0.39 is 0 Å². The molecule has 4 heteroatoms. The van der Waals surface area contributed by atoms with E-state index in [9.17, 15) is 4.79 Å². The third-order valence-electron chi connectivity index (χ3n) is 2.99.